The average molecular weight is 176 g/mol. The molecule has 0 saturated heterocycles. The monoisotopic (exact) mass is 176 g/mol. The lowest BCUT2D eigenvalue weighted by Gasteiger charge is -2.02. The largest absolute Gasteiger partial charge is 0.323 e. The van der Waals surface area contributed by atoms with E-state index in [0.29, 0.717) is 16.5 Å². The van der Waals surface area contributed by atoms with Crippen molar-refractivity contribution in [1.82, 2.24) is 10.2 Å². The van der Waals surface area contributed by atoms with Crippen molar-refractivity contribution in [1.29, 1.82) is 0 Å². The summed E-state index contributed by atoms with van der Waals surface area (Å²) in [5.41, 5.74) is 2.98. The summed E-state index contributed by atoms with van der Waals surface area (Å²) in [6.45, 7) is 0. The van der Waals surface area contributed by atoms with Gasteiger partial charge in [0.2, 0.25) is 0 Å². The van der Waals surface area contributed by atoms with E-state index in [9.17, 15) is 4.79 Å². The van der Waals surface area contributed by atoms with Gasteiger partial charge in [-0.15, -0.1) is 0 Å². The molecule has 1 aromatic heterocycles. The molecule has 66 valence electrons. The van der Waals surface area contributed by atoms with Crippen molar-refractivity contribution < 1.29 is 0 Å². The van der Waals surface area contributed by atoms with Gasteiger partial charge in [0.05, 0.1) is 17.3 Å². The maximum Gasteiger partial charge on any atom is 0.272 e. The Morgan fingerprint density at radius 1 is 1.38 bits per heavy atom. The van der Waals surface area contributed by atoms with Crippen LogP contribution in [0.3, 0.4) is 0 Å². The molecule has 1 aromatic carbocycles. The normalized spacial score (nSPS) is 10.2. The standard InChI is InChI=1S/C8H8N4O/c9-11-7-3-1-2-5-6(7)4-10-12-8(5)13/h1-4,11H,9H2,(H,12,13). The van der Waals surface area contributed by atoms with E-state index in [1.165, 1.54) is 0 Å². The Balaban J connectivity index is 2.92. The molecule has 0 aliphatic rings. The number of hydrogen-bond donors (Lipinski definition) is 3. The summed E-state index contributed by atoms with van der Waals surface area (Å²) in [7, 11) is 0. The number of benzene rings is 1. The minimum absolute atomic E-state index is 0.213. The molecule has 4 N–H and O–H groups in total. The second kappa shape index (κ2) is 2.87. The maximum atomic E-state index is 11.3. The number of hydrazine groups is 1. The molecule has 2 rings (SSSR count). The van der Waals surface area contributed by atoms with Gasteiger partial charge in [0, 0.05) is 5.39 Å². The fourth-order valence-corrected chi connectivity index (χ4v) is 1.24. The van der Waals surface area contributed by atoms with Crippen LogP contribution >= 0.6 is 0 Å². The fraction of sp³-hybridized carbons (Fsp3) is 0. The Morgan fingerprint density at radius 2 is 2.23 bits per heavy atom. The van der Waals surface area contributed by atoms with Crippen LogP contribution in [0.4, 0.5) is 5.69 Å². The molecule has 0 fully saturated rings. The van der Waals surface area contributed by atoms with Gasteiger partial charge in [-0.1, -0.05) is 6.07 Å². The number of hydrogen-bond acceptors (Lipinski definition) is 4. The number of aromatic nitrogens is 2. The Morgan fingerprint density at radius 3 is 3.00 bits per heavy atom. The summed E-state index contributed by atoms with van der Waals surface area (Å²) < 4.78 is 0. The molecule has 0 aliphatic carbocycles. The van der Waals surface area contributed by atoms with E-state index in [0.717, 1.165) is 0 Å². The molecule has 0 spiro atoms. The molecule has 0 unspecified atom stereocenters. The fourth-order valence-electron chi connectivity index (χ4n) is 1.24. The Labute approximate surface area is 73.5 Å². The summed E-state index contributed by atoms with van der Waals surface area (Å²) >= 11 is 0. The zero-order valence-electron chi connectivity index (χ0n) is 6.74. The van der Waals surface area contributed by atoms with Crippen LogP contribution in [0.1, 0.15) is 0 Å². The number of nitrogen functional groups attached to an aromatic ring is 1. The zero-order valence-corrected chi connectivity index (χ0v) is 6.74. The van der Waals surface area contributed by atoms with Crippen molar-refractivity contribution in [2.24, 2.45) is 5.84 Å². The van der Waals surface area contributed by atoms with Gasteiger partial charge in [0.15, 0.2) is 0 Å². The first-order valence-electron chi connectivity index (χ1n) is 3.76. The Hall–Kier alpha value is -1.88. The van der Waals surface area contributed by atoms with E-state index in [2.05, 4.69) is 15.6 Å². The quantitative estimate of drug-likeness (QED) is 0.428. The molecular formula is C8H8N4O. The van der Waals surface area contributed by atoms with E-state index >= 15 is 0 Å². The van der Waals surface area contributed by atoms with Gasteiger partial charge in [-0.3, -0.25) is 10.6 Å². The van der Waals surface area contributed by atoms with Crippen LogP contribution in [-0.4, -0.2) is 10.2 Å². The number of aromatic amines is 1. The summed E-state index contributed by atoms with van der Waals surface area (Å²) in [6, 6.07) is 5.26. The first-order valence-corrected chi connectivity index (χ1v) is 3.76. The van der Waals surface area contributed by atoms with Crippen LogP contribution < -0.4 is 16.8 Å². The van der Waals surface area contributed by atoms with E-state index in [4.69, 9.17) is 5.84 Å². The van der Waals surface area contributed by atoms with Gasteiger partial charge in [0.25, 0.3) is 5.56 Å². The number of H-pyrrole nitrogens is 1. The van der Waals surface area contributed by atoms with Gasteiger partial charge < -0.3 is 5.43 Å². The van der Waals surface area contributed by atoms with Gasteiger partial charge in [-0.05, 0) is 12.1 Å². The minimum atomic E-state index is -0.213. The number of anilines is 1. The van der Waals surface area contributed by atoms with Gasteiger partial charge in [-0.2, -0.15) is 5.10 Å². The molecule has 2 aromatic rings. The van der Waals surface area contributed by atoms with Crippen molar-refractivity contribution in [2.75, 3.05) is 5.43 Å². The molecule has 0 radical (unpaired) electrons. The van der Waals surface area contributed by atoms with Crippen molar-refractivity contribution >= 4 is 16.5 Å². The lowest BCUT2D eigenvalue weighted by Crippen LogP contribution is -2.11. The molecule has 0 aliphatic heterocycles. The van der Waals surface area contributed by atoms with Crippen LogP contribution in [-0.2, 0) is 0 Å². The number of nitrogens with zero attached hydrogens (tertiary/aromatic N) is 1. The predicted octanol–water partition coefficient (Wildman–Crippen LogP) is 0.209. The number of nitrogens with two attached hydrogens (primary N) is 1. The molecule has 1 heterocycles. The molecule has 0 saturated carbocycles. The van der Waals surface area contributed by atoms with Crippen LogP contribution in [0.15, 0.2) is 29.2 Å². The highest BCUT2D eigenvalue weighted by atomic mass is 16.1. The van der Waals surface area contributed by atoms with Crippen LogP contribution in [0.2, 0.25) is 0 Å². The number of fused-ring (bicyclic) bond motifs is 1. The van der Waals surface area contributed by atoms with E-state index in [1.807, 2.05) is 0 Å². The summed E-state index contributed by atoms with van der Waals surface area (Å²) in [5, 5.41) is 7.33. The molecule has 0 atom stereocenters. The van der Waals surface area contributed by atoms with E-state index in [-0.39, 0.29) is 5.56 Å². The average Bonchev–Trinajstić information content (AvgIpc) is 2.18. The summed E-state index contributed by atoms with van der Waals surface area (Å²) in [5.74, 6) is 5.28. The lowest BCUT2D eigenvalue weighted by molar-refractivity contribution is 1.01. The van der Waals surface area contributed by atoms with Crippen molar-refractivity contribution in [3.8, 4) is 0 Å². The van der Waals surface area contributed by atoms with Crippen molar-refractivity contribution in [2.45, 2.75) is 0 Å². The summed E-state index contributed by atoms with van der Waals surface area (Å²) in [6.07, 6.45) is 1.56. The summed E-state index contributed by atoms with van der Waals surface area (Å²) in [4.78, 5) is 11.3. The second-order valence-corrected chi connectivity index (χ2v) is 2.61. The zero-order chi connectivity index (χ0) is 9.26. The number of rotatable bonds is 1. The third-order valence-electron chi connectivity index (χ3n) is 1.87. The van der Waals surface area contributed by atoms with E-state index < -0.39 is 0 Å². The highest BCUT2D eigenvalue weighted by Crippen LogP contribution is 2.17. The van der Waals surface area contributed by atoms with E-state index in [1.54, 1.807) is 24.4 Å². The lowest BCUT2D eigenvalue weighted by atomic mass is 10.2. The predicted molar refractivity (Wildman–Crippen MR) is 50.2 cm³/mol. The van der Waals surface area contributed by atoms with Crippen LogP contribution in [0.5, 0.6) is 0 Å². The maximum absolute atomic E-state index is 11.3. The smallest absolute Gasteiger partial charge is 0.272 e. The van der Waals surface area contributed by atoms with Gasteiger partial charge in [-0.25, -0.2) is 5.10 Å². The SMILES string of the molecule is NNc1cccc2c(=O)[nH]ncc12. The van der Waals surface area contributed by atoms with Gasteiger partial charge >= 0.3 is 0 Å². The molecule has 5 heteroatoms. The molecule has 5 nitrogen and oxygen atoms in total. The van der Waals surface area contributed by atoms with Crippen molar-refractivity contribution in [3.05, 3.63) is 34.7 Å². The van der Waals surface area contributed by atoms with Crippen molar-refractivity contribution in [3.63, 3.8) is 0 Å². The Bertz CT molecular complexity index is 491. The second-order valence-electron chi connectivity index (χ2n) is 2.61. The third kappa shape index (κ3) is 1.15. The first kappa shape index (κ1) is 7.75. The van der Waals surface area contributed by atoms with Gasteiger partial charge in [0.1, 0.15) is 0 Å². The molecule has 13 heavy (non-hydrogen) atoms. The number of nitrogens with one attached hydrogen (secondary N) is 2. The Kier molecular flexibility index (Phi) is 1.71. The molecule has 0 bridgehead atoms. The van der Waals surface area contributed by atoms with Crippen LogP contribution in [0, 0.1) is 0 Å². The molecular weight excluding hydrogens is 168 g/mol. The van der Waals surface area contributed by atoms with Crippen LogP contribution in [0.25, 0.3) is 10.8 Å². The molecule has 0 amide bonds. The first-order chi connectivity index (χ1) is 6.33. The third-order valence-corrected chi connectivity index (χ3v) is 1.87. The minimum Gasteiger partial charge on any atom is -0.323 e. The highest BCUT2D eigenvalue weighted by molar-refractivity contribution is 5.92. The highest BCUT2D eigenvalue weighted by Gasteiger charge is 2.01. The topological polar surface area (TPSA) is 83.8 Å².